The third-order valence-electron chi connectivity index (χ3n) is 21.2. The molecule has 0 aromatic rings. The molecule has 97 heavy (non-hydrogen) atoms. The van der Waals surface area contributed by atoms with Crippen LogP contribution in [0.3, 0.4) is 0 Å². The Morgan fingerprint density at radius 2 is 0.515 bits per heavy atom. The Hall–Kier alpha value is -1.92. The highest BCUT2D eigenvalue weighted by atomic mass is 16.5. The highest BCUT2D eigenvalue weighted by Gasteiger charge is 2.20. The topological polar surface area (TPSA) is 95.9 Å². The van der Waals surface area contributed by atoms with Gasteiger partial charge >= 0.3 is 5.97 Å². The van der Waals surface area contributed by atoms with Gasteiger partial charge in [-0.05, 0) is 83.5 Å². The Labute approximate surface area is 608 Å². The van der Waals surface area contributed by atoms with Crippen LogP contribution in [0.5, 0.6) is 0 Å². The van der Waals surface area contributed by atoms with Crippen LogP contribution in [-0.2, 0) is 14.3 Å². The first-order valence-electron chi connectivity index (χ1n) is 44.7. The van der Waals surface area contributed by atoms with Crippen molar-refractivity contribution in [2.24, 2.45) is 0 Å². The lowest BCUT2D eigenvalue weighted by Gasteiger charge is -2.22. The Bertz CT molecular complexity index is 1570. The van der Waals surface area contributed by atoms with Crippen LogP contribution in [0.4, 0.5) is 0 Å². The molecule has 6 nitrogen and oxygen atoms in total. The zero-order chi connectivity index (χ0) is 69.8. The van der Waals surface area contributed by atoms with Gasteiger partial charge in [-0.15, -0.1) is 0 Å². The molecule has 0 rings (SSSR count). The molecular formula is C91H175NO5. The van der Waals surface area contributed by atoms with E-state index in [1.165, 1.54) is 424 Å². The van der Waals surface area contributed by atoms with Gasteiger partial charge in [-0.25, -0.2) is 0 Å². The fourth-order valence-electron chi connectivity index (χ4n) is 14.4. The maximum atomic E-state index is 12.6. The van der Waals surface area contributed by atoms with E-state index in [1.807, 2.05) is 0 Å². The summed E-state index contributed by atoms with van der Waals surface area (Å²) < 4.78 is 5.51. The summed E-state index contributed by atoms with van der Waals surface area (Å²) in [6.45, 7) is 4.99. The zero-order valence-electron chi connectivity index (χ0n) is 66.1. The van der Waals surface area contributed by atoms with E-state index in [-0.39, 0.29) is 18.5 Å². The van der Waals surface area contributed by atoms with Crippen molar-refractivity contribution in [3.05, 3.63) is 36.5 Å². The number of aliphatic hydroxyl groups is 2. The maximum Gasteiger partial charge on any atom is 0.305 e. The van der Waals surface area contributed by atoms with Gasteiger partial charge in [0.05, 0.1) is 25.4 Å². The highest BCUT2D eigenvalue weighted by Crippen LogP contribution is 2.21. The van der Waals surface area contributed by atoms with Crippen molar-refractivity contribution < 1.29 is 24.5 Å². The van der Waals surface area contributed by atoms with E-state index in [4.69, 9.17) is 4.74 Å². The molecule has 2 atom stereocenters. The lowest BCUT2D eigenvalue weighted by Crippen LogP contribution is -2.45. The number of hydrogen-bond donors (Lipinski definition) is 3. The van der Waals surface area contributed by atoms with Gasteiger partial charge in [0.2, 0.25) is 5.91 Å². The van der Waals surface area contributed by atoms with Gasteiger partial charge in [0.1, 0.15) is 0 Å². The first kappa shape index (κ1) is 95.1. The molecule has 1 amide bonds. The second kappa shape index (κ2) is 86.5. The lowest BCUT2D eigenvalue weighted by atomic mass is 10.0. The number of aliphatic hydroxyl groups excluding tert-OH is 2. The zero-order valence-corrected chi connectivity index (χ0v) is 66.1. The van der Waals surface area contributed by atoms with E-state index in [9.17, 15) is 19.8 Å². The Kier molecular flexibility index (Phi) is 84.8. The SMILES string of the molecule is CCCCCC/C=C\C/C=C\CCCCCCCCCC(=O)OCCCCCCCCCCCCCCCCCC/C=C\CCCCCCCCCCCCCCCCCCCC(=O)NC(CO)C(O)CCCCCCCCCCCCCCCCCCCCCCCCCCC. The maximum absolute atomic E-state index is 12.6. The summed E-state index contributed by atoms with van der Waals surface area (Å²) in [5, 5.41) is 23.5. The summed E-state index contributed by atoms with van der Waals surface area (Å²) >= 11 is 0. The molecule has 0 heterocycles. The molecule has 0 bridgehead atoms. The van der Waals surface area contributed by atoms with Crippen molar-refractivity contribution in [2.75, 3.05) is 13.2 Å². The summed E-state index contributed by atoms with van der Waals surface area (Å²) in [6.07, 6.45) is 114. The number of carbonyl (C=O) groups is 2. The molecule has 0 aliphatic heterocycles. The van der Waals surface area contributed by atoms with E-state index in [2.05, 4.69) is 55.6 Å². The average molecular weight is 1360 g/mol. The molecule has 0 fully saturated rings. The molecule has 3 N–H and O–H groups in total. The van der Waals surface area contributed by atoms with Gasteiger partial charge in [0.25, 0.3) is 0 Å². The van der Waals surface area contributed by atoms with Crippen LogP contribution in [-0.4, -0.2) is 47.4 Å². The number of unbranched alkanes of at least 4 members (excludes halogenated alkanes) is 68. The predicted octanol–water partition coefficient (Wildman–Crippen LogP) is 30.1. The van der Waals surface area contributed by atoms with Crippen molar-refractivity contribution in [3.8, 4) is 0 Å². The van der Waals surface area contributed by atoms with Gasteiger partial charge in [-0.2, -0.15) is 0 Å². The molecule has 0 radical (unpaired) electrons. The van der Waals surface area contributed by atoms with Crippen LogP contribution < -0.4 is 5.32 Å². The average Bonchev–Trinajstić information content (AvgIpc) is 3.68. The Morgan fingerprint density at radius 3 is 0.804 bits per heavy atom. The molecule has 0 aromatic heterocycles. The first-order valence-corrected chi connectivity index (χ1v) is 44.7. The van der Waals surface area contributed by atoms with Crippen molar-refractivity contribution >= 4 is 11.9 Å². The third kappa shape index (κ3) is 82.9. The monoisotopic (exact) mass is 1360 g/mol. The van der Waals surface area contributed by atoms with Gasteiger partial charge in [-0.3, -0.25) is 9.59 Å². The standard InChI is InChI=1S/C91H175NO5/c1-3-5-7-9-11-13-15-17-19-21-23-24-25-39-42-45-48-51-55-59-63-67-71-75-79-83-89(94)88(87-93)92-90(95)84-80-76-72-68-64-60-56-52-49-46-43-40-37-35-33-31-29-27-26-28-30-32-34-36-38-41-44-47-50-54-58-62-66-70-74-78-82-86-97-91(96)85-81-77-73-69-65-61-57-53-22-20-18-16-14-12-10-8-6-4-2/h14,16,20,22,26,28,88-89,93-94H,3-13,15,17-19,21,23-25,27,29-87H2,1-2H3,(H,92,95)/b16-14-,22-20-,28-26-. The van der Waals surface area contributed by atoms with Crippen molar-refractivity contribution in [2.45, 2.75) is 520 Å². The van der Waals surface area contributed by atoms with E-state index >= 15 is 0 Å². The first-order chi connectivity index (χ1) is 48.0. The summed E-state index contributed by atoms with van der Waals surface area (Å²) in [5.41, 5.74) is 0. The summed E-state index contributed by atoms with van der Waals surface area (Å²) in [5.74, 6) is -0.00951. The number of amides is 1. The van der Waals surface area contributed by atoms with E-state index in [1.54, 1.807) is 0 Å². The van der Waals surface area contributed by atoms with Crippen LogP contribution in [0.25, 0.3) is 0 Å². The highest BCUT2D eigenvalue weighted by molar-refractivity contribution is 5.76. The number of rotatable bonds is 85. The predicted molar refractivity (Wildman–Crippen MR) is 430 cm³/mol. The molecule has 0 spiro atoms. The summed E-state index contributed by atoms with van der Waals surface area (Å²) in [6, 6.07) is -0.540. The molecule has 6 heteroatoms. The van der Waals surface area contributed by atoms with Gasteiger partial charge in [0.15, 0.2) is 0 Å². The number of hydrogen-bond acceptors (Lipinski definition) is 5. The Balaban J connectivity index is 3.34. The number of ether oxygens (including phenoxy) is 1. The fraction of sp³-hybridized carbons (Fsp3) is 0.912. The summed E-state index contributed by atoms with van der Waals surface area (Å²) in [7, 11) is 0. The number of esters is 1. The molecule has 0 aliphatic rings. The van der Waals surface area contributed by atoms with Crippen molar-refractivity contribution in [1.82, 2.24) is 5.32 Å². The minimum Gasteiger partial charge on any atom is -0.466 e. The van der Waals surface area contributed by atoms with Gasteiger partial charge in [-0.1, -0.05) is 448 Å². The largest absolute Gasteiger partial charge is 0.466 e. The van der Waals surface area contributed by atoms with E-state index < -0.39 is 12.1 Å². The lowest BCUT2D eigenvalue weighted by molar-refractivity contribution is -0.143. The van der Waals surface area contributed by atoms with Crippen LogP contribution >= 0.6 is 0 Å². The quantitative estimate of drug-likeness (QED) is 0.0320. The van der Waals surface area contributed by atoms with E-state index in [0.29, 0.717) is 25.9 Å². The van der Waals surface area contributed by atoms with Crippen molar-refractivity contribution in [1.29, 1.82) is 0 Å². The van der Waals surface area contributed by atoms with Gasteiger partial charge < -0.3 is 20.3 Å². The third-order valence-corrected chi connectivity index (χ3v) is 21.2. The van der Waals surface area contributed by atoms with Crippen LogP contribution in [0.15, 0.2) is 36.5 Å². The fourth-order valence-corrected chi connectivity index (χ4v) is 14.4. The number of allylic oxidation sites excluding steroid dienone is 6. The molecule has 2 unspecified atom stereocenters. The van der Waals surface area contributed by atoms with Crippen LogP contribution in [0.1, 0.15) is 508 Å². The second-order valence-electron chi connectivity index (χ2n) is 30.9. The van der Waals surface area contributed by atoms with Crippen LogP contribution in [0, 0.1) is 0 Å². The van der Waals surface area contributed by atoms with Crippen LogP contribution in [0.2, 0.25) is 0 Å². The van der Waals surface area contributed by atoms with Crippen molar-refractivity contribution in [3.63, 3.8) is 0 Å². The Morgan fingerprint density at radius 1 is 0.289 bits per heavy atom. The molecule has 0 saturated heterocycles. The molecule has 574 valence electrons. The van der Waals surface area contributed by atoms with Gasteiger partial charge in [0, 0.05) is 12.8 Å². The molecular weight excluding hydrogens is 1190 g/mol. The molecule has 0 aliphatic carbocycles. The number of carbonyl (C=O) groups excluding carboxylic acids is 2. The second-order valence-corrected chi connectivity index (χ2v) is 30.9. The minimum atomic E-state index is -0.663. The number of nitrogens with one attached hydrogen (secondary N) is 1. The summed E-state index contributed by atoms with van der Waals surface area (Å²) in [4.78, 5) is 24.7. The minimum absolute atomic E-state index is 0.0151. The molecule has 0 saturated carbocycles. The van der Waals surface area contributed by atoms with E-state index in [0.717, 1.165) is 51.4 Å². The smallest absolute Gasteiger partial charge is 0.305 e. The molecule has 0 aromatic carbocycles. The normalized spacial score (nSPS) is 12.6.